The maximum Gasteiger partial charge on any atom is 0.230 e. The first-order chi connectivity index (χ1) is 18.4. The fourth-order valence-corrected chi connectivity index (χ4v) is 5.75. The zero-order valence-electron chi connectivity index (χ0n) is 21.1. The van der Waals surface area contributed by atoms with Crippen LogP contribution in [0.4, 0.5) is 10.3 Å². The summed E-state index contributed by atoms with van der Waals surface area (Å²) in [5, 5.41) is 6.75. The first-order valence-electron chi connectivity index (χ1n) is 12.0. The summed E-state index contributed by atoms with van der Waals surface area (Å²) in [6.45, 7) is 2.01. The number of anilines is 2. The number of hydrogen-bond acceptors (Lipinski definition) is 8. The third-order valence-corrected chi connectivity index (χ3v) is 7.97. The van der Waals surface area contributed by atoms with Crippen molar-refractivity contribution in [1.82, 2.24) is 9.97 Å². The predicted molar refractivity (Wildman–Crippen MR) is 153 cm³/mol. The number of nitrogens with zero attached hydrogens (tertiary/aromatic N) is 2. The Bertz CT molecular complexity index is 1610. The van der Waals surface area contributed by atoms with Crippen LogP contribution in [0.25, 0.3) is 20.4 Å². The van der Waals surface area contributed by atoms with Crippen LogP contribution in [-0.4, -0.2) is 36.0 Å². The average molecular weight is 547 g/mol. The van der Waals surface area contributed by atoms with E-state index in [9.17, 15) is 9.59 Å². The van der Waals surface area contributed by atoms with Gasteiger partial charge in [-0.25, -0.2) is 9.97 Å². The maximum absolute atomic E-state index is 13.4. The van der Waals surface area contributed by atoms with Crippen LogP contribution in [-0.2, 0) is 16.0 Å². The normalized spacial score (nSPS) is 11.9. The van der Waals surface area contributed by atoms with Crippen LogP contribution in [0.1, 0.15) is 17.5 Å². The standard InChI is InChI=1S/C28H26N4O4S2/c1-16-4-6-17(7-5-16)12-18(26(34)32-28-30-22-15-20(36-3)9-11-24(22)38-28)13-25(33)31-27-29-21-14-19(35-2)8-10-23(21)37-27/h4-11,14-15,18H,12-13H2,1-3H3,(H,29,31,33)(H,30,32,34)/t18-/m0/s1. The van der Waals surface area contributed by atoms with Gasteiger partial charge in [0.15, 0.2) is 10.3 Å². The van der Waals surface area contributed by atoms with Crippen molar-refractivity contribution in [2.75, 3.05) is 24.9 Å². The lowest BCUT2D eigenvalue weighted by Gasteiger charge is -2.16. The van der Waals surface area contributed by atoms with Gasteiger partial charge in [-0.1, -0.05) is 52.5 Å². The summed E-state index contributed by atoms with van der Waals surface area (Å²) in [6.07, 6.45) is 0.410. The van der Waals surface area contributed by atoms with Gasteiger partial charge in [0.1, 0.15) is 11.5 Å². The van der Waals surface area contributed by atoms with E-state index in [-0.39, 0.29) is 18.2 Å². The van der Waals surface area contributed by atoms with Gasteiger partial charge in [0.2, 0.25) is 11.8 Å². The van der Waals surface area contributed by atoms with Gasteiger partial charge in [0, 0.05) is 18.6 Å². The smallest absolute Gasteiger partial charge is 0.230 e. The Balaban J connectivity index is 1.33. The summed E-state index contributed by atoms with van der Waals surface area (Å²) in [7, 11) is 3.20. The van der Waals surface area contributed by atoms with E-state index in [1.54, 1.807) is 14.2 Å². The SMILES string of the molecule is COc1ccc2sc(NC(=O)C[C@H](Cc3ccc(C)cc3)C(=O)Nc3nc4cc(OC)ccc4s3)nc2c1. The highest BCUT2D eigenvalue weighted by Crippen LogP contribution is 2.31. The van der Waals surface area contributed by atoms with Crippen LogP contribution in [0, 0.1) is 12.8 Å². The van der Waals surface area contributed by atoms with Gasteiger partial charge in [-0.05, 0) is 43.2 Å². The summed E-state index contributed by atoms with van der Waals surface area (Å²) in [6, 6.07) is 19.1. The number of hydrogen-bond donors (Lipinski definition) is 2. The van der Waals surface area contributed by atoms with E-state index in [0.717, 1.165) is 31.6 Å². The number of benzene rings is 3. The second-order valence-electron chi connectivity index (χ2n) is 8.83. The highest BCUT2D eigenvalue weighted by atomic mass is 32.1. The lowest BCUT2D eigenvalue weighted by Crippen LogP contribution is -2.29. The van der Waals surface area contributed by atoms with Gasteiger partial charge in [-0.15, -0.1) is 0 Å². The minimum atomic E-state index is -0.603. The van der Waals surface area contributed by atoms with Crippen molar-refractivity contribution in [3.8, 4) is 11.5 Å². The van der Waals surface area contributed by atoms with Crippen molar-refractivity contribution in [3.05, 3.63) is 71.8 Å². The zero-order valence-corrected chi connectivity index (χ0v) is 22.7. The Labute approximate surface area is 227 Å². The lowest BCUT2D eigenvalue weighted by molar-refractivity contribution is -0.124. The Hall–Kier alpha value is -4.02. The molecule has 0 radical (unpaired) electrons. The van der Waals surface area contributed by atoms with Crippen LogP contribution >= 0.6 is 22.7 Å². The molecule has 194 valence electrons. The molecule has 2 heterocycles. The molecule has 2 amide bonds. The van der Waals surface area contributed by atoms with Crippen LogP contribution in [0.15, 0.2) is 60.7 Å². The number of carbonyl (C=O) groups is 2. The first kappa shape index (κ1) is 25.6. The molecule has 0 saturated carbocycles. The van der Waals surface area contributed by atoms with E-state index in [4.69, 9.17) is 9.47 Å². The molecule has 0 spiro atoms. The molecule has 38 heavy (non-hydrogen) atoms. The topological polar surface area (TPSA) is 102 Å². The van der Waals surface area contributed by atoms with Crippen LogP contribution in [0.2, 0.25) is 0 Å². The fourth-order valence-electron chi connectivity index (χ4n) is 4.04. The Morgan fingerprint density at radius 1 is 0.816 bits per heavy atom. The third-order valence-electron chi connectivity index (χ3n) is 6.07. The van der Waals surface area contributed by atoms with Crippen molar-refractivity contribution in [1.29, 1.82) is 0 Å². The van der Waals surface area contributed by atoms with Gasteiger partial charge < -0.3 is 20.1 Å². The molecular weight excluding hydrogens is 520 g/mol. The number of fused-ring (bicyclic) bond motifs is 2. The molecule has 1 atom stereocenters. The number of ether oxygens (including phenoxy) is 2. The molecule has 0 bridgehead atoms. The monoisotopic (exact) mass is 546 g/mol. The number of aromatic nitrogens is 2. The minimum absolute atomic E-state index is 0.00231. The summed E-state index contributed by atoms with van der Waals surface area (Å²) < 4.78 is 12.4. The van der Waals surface area contributed by atoms with Gasteiger partial charge >= 0.3 is 0 Å². The van der Waals surface area contributed by atoms with Crippen LogP contribution in [0.3, 0.4) is 0 Å². The molecule has 0 fully saturated rings. The minimum Gasteiger partial charge on any atom is -0.497 e. The molecule has 10 heteroatoms. The van der Waals surface area contributed by atoms with Crippen molar-refractivity contribution in [2.24, 2.45) is 5.92 Å². The van der Waals surface area contributed by atoms with E-state index in [2.05, 4.69) is 20.6 Å². The molecule has 5 rings (SSSR count). The van der Waals surface area contributed by atoms with Crippen molar-refractivity contribution in [2.45, 2.75) is 19.8 Å². The Morgan fingerprint density at radius 3 is 1.92 bits per heavy atom. The summed E-state index contributed by atoms with van der Waals surface area (Å²) >= 11 is 2.76. The average Bonchev–Trinajstić information content (AvgIpc) is 3.50. The number of methoxy groups -OCH3 is 2. The van der Waals surface area contributed by atoms with E-state index >= 15 is 0 Å². The molecule has 2 N–H and O–H groups in total. The molecule has 3 aromatic carbocycles. The molecule has 8 nitrogen and oxygen atoms in total. The largest absolute Gasteiger partial charge is 0.497 e. The summed E-state index contributed by atoms with van der Waals surface area (Å²) in [5.74, 6) is 0.249. The van der Waals surface area contributed by atoms with Crippen LogP contribution in [0.5, 0.6) is 11.5 Å². The quantitative estimate of drug-likeness (QED) is 0.233. The molecule has 0 aliphatic heterocycles. The lowest BCUT2D eigenvalue weighted by atomic mass is 9.94. The molecule has 0 unspecified atom stereocenters. The summed E-state index contributed by atoms with van der Waals surface area (Å²) in [5.41, 5.74) is 3.59. The molecule has 0 aliphatic rings. The van der Waals surface area contributed by atoms with E-state index < -0.39 is 5.92 Å². The molecule has 0 saturated heterocycles. The van der Waals surface area contributed by atoms with Gasteiger partial charge in [0.05, 0.1) is 40.6 Å². The maximum atomic E-state index is 13.4. The van der Waals surface area contributed by atoms with E-state index in [1.165, 1.54) is 22.7 Å². The third kappa shape index (κ3) is 5.92. The fraction of sp³-hybridized carbons (Fsp3) is 0.214. The van der Waals surface area contributed by atoms with E-state index in [1.807, 2.05) is 67.6 Å². The molecule has 0 aliphatic carbocycles. The molecular formula is C28H26N4O4S2. The van der Waals surface area contributed by atoms with Crippen molar-refractivity contribution in [3.63, 3.8) is 0 Å². The van der Waals surface area contributed by atoms with Gasteiger partial charge in [-0.3, -0.25) is 9.59 Å². The second kappa shape index (κ2) is 11.2. The zero-order chi connectivity index (χ0) is 26.6. The Morgan fingerprint density at radius 2 is 1.37 bits per heavy atom. The first-order valence-corrected chi connectivity index (χ1v) is 13.6. The summed E-state index contributed by atoms with van der Waals surface area (Å²) in [4.78, 5) is 35.5. The Kier molecular flexibility index (Phi) is 7.52. The number of nitrogens with one attached hydrogen (secondary N) is 2. The second-order valence-corrected chi connectivity index (χ2v) is 10.9. The number of thiazole rings is 2. The molecule has 5 aromatic rings. The van der Waals surface area contributed by atoms with Crippen molar-refractivity contribution >= 4 is 65.2 Å². The van der Waals surface area contributed by atoms with E-state index in [0.29, 0.717) is 28.2 Å². The highest BCUT2D eigenvalue weighted by Gasteiger charge is 2.24. The van der Waals surface area contributed by atoms with Crippen LogP contribution < -0.4 is 20.1 Å². The van der Waals surface area contributed by atoms with Gasteiger partial charge in [0.25, 0.3) is 0 Å². The van der Waals surface area contributed by atoms with Crippen molar-refractivity contribution < 1.29 is 19.1 Å². The number of carbonyl (C=O) groups excluding carboxylic acids is 2. The molecule has 2 aromatic heterocycles. The number of aryl methyl sites for hydroxylation is 1. The highest BCUT2D eigenvalue weighted by molar-refractivity contribution is 7.22. The number of amides is 2. The van der Waals surface area contributed by atoms with Gasteiger partial charge in [-0.2, -0.15) is 0 Å². The number of rotatable bonds is 9. The predicted octanol–water partition coefficient (Wildman–Crippen LogP) is 6.06.